The summed E-state index contributed by atoms with van der Waals surface area (Å²) < 4.78 is 0. The van der Waals surface area contributed by atoms with E-state index in [1.165, 1.54) is 0 Å². The molecule has 0 saturated heterocycles. The van der Waals surface area contributed by atoms with Gasteiger partial charge in [0.15, 0.2) is 0 Å². The highest BCUT2D eigenvalue weighted by molar-refractivity contribution is 5.69. The van der Waals surface area contributed by atoms with Crippen molar-refractivity contribution in [2.24, 2.45) is 0 Å². The SMILES string of the molecule is CCC(O)(/C=C(/C)c1ccccc1O)CC. The number of aliphatic hydroxyl groups is 1. The zero-order valence-corrected chi connectivity index (χ0v) is 10.2. The molecular weight excluding hydrogens is 200 g/mol. The number of hydrogen-bond donors (Lipinski definition) is 2. The molecule has 0 radical (unpaired) electrons. The minimum Gasteiger partial charge on any atom is -0.507 e. The molecular formula is C14H20O2. The summed E-state index contributed by atoms with van der Waals surface area (Å²) in [7, 11) is 0. The summed E-state index contributed by atoms with van der Waals surface area (Å²) in [6.07, 6.45) is 3.19. The predicted octanol–water partition coefficient (Wildman–Crippen LogP) is 3.35. The summed E-state index contributed by atoms with van der Waals surface area (Å²) in [4.78, 5) is 0. The molecule has 1 aromatic rings. The Balaban J connectivity index is 3.06. The Bertz CT molecular complexity index is 376. The van der Waals surface area contributed by atoms with Crippen molar-refractivity contribution in [1.82, 2.24) is 0 Å². The lowest BCUT2D eigenvalue weighted by atomic mass is 9.92. The van der Waals surface area contributed by atoms with Crippen LogP contribution in [0.4, 0.5) is 0 Å². The fourth-order valence-electron chi connectivity index (χ4n) is 1.74. The molecule has 0 unspecified atom stereocenters. The molecule has 0 heterocycles. The summed E-state index contributed by atoms with van der Waals surface area (Å²) in [6.45, 7) is 5.82. The molecule has 2 nitrogen and oxygen atoms in total. The first-order chi connectivity index (χ1) is 7.52. The Hall–Kier alpha value is -1.28. The maximum Gasteiger partial charge on any atom is 0.123 e. The first-order valence-corrected chi connectivity index (χ1v) is 5.72. The maximum atomic E-state index is 10.2. The van der Waals surface area contributed by atoms with Gasteiger partial charge in [0.25, 0.3) is 0 Å². The van der Waals surface area contributed by atoms with Crippen molar-refractivity contribution in [1.29, 1.82) is 0 Å². The van der Waals surface area contributed by atoms with Crippen LogP contribution in [0.5, 0.6) is 5.75 Å². The van der Waals surface area contributed by atoms with Crippen molar-refractivity contribution in [3.8, 4) is 5.75 Å². The molecule has 1 aromatic carbocycles. The van der Waals surface area contributed by atoms with Gasteiger partial charge < -0.3 is 10.2 Å². The molecule has 1 rings (SSSR count). The normalized spacial score (nSPS) is 12.9. The summed E-state index contributed by atoms with van der Waals surface area (Å²) >= 11 is 0. The summed E-state index contributed by atoms with van der Waals surface area (Å²) in [5.41, 5.74) is 0.916. The highest BCUT2D eigenvalue weighted by atomic mass is 16.3. The molecule has 0 atom stereocenters. The first-order valence-electron chi connectivity index (χ1n) is 5.72. The molecule has 2 heteroatoms. The molecule has 0 saturated carbocycles. The fraction of sp³-hybridized carbons (Fsp3) is 0.429. The average Bonchev–Trinajstić information content (AvgIpc) is 2.29. The second kappa shape index (κ2) is 5.17. The number of phenols is 1. The Kier molecular flexibility index (Phi) is 4.13. The molecule has 0 spiro atoms. The van der Waals surface area contributed by atoms with E-state index in [1.54, 1.807) is 12.1 Å². The van der Waals surface area contributed by atoms with Gasteiger partial charge in [0.05, 0.1) is 5.60 Å². The smallest absolute Gasteiger partial charge is 0.123 e. The van der Waals surface area contributed by atoms with Crippen molar-refractivity contribution in [2.45, 2.75) is 39.2 Å². The van der Waals surface area contributed by atoms with Crippen LogP contribution in [0.1, 0.15) is 39.2 Å². The van der Waals surface area contributed by atoms with Crippen LogP contribution in [0.15, 0.2) is 30.3 Å². The Labute approximate surface area is 97.2 Å². The van der Waals surface area contributed by atoms with Crippen LogP contribution in [-0.2, 0) is 0 Å². The van der Waals surface area contributed by atoms with Gasteiger partial charge in [-0.25, -0.2) is 0 Å². The molecule has 0 bridgehead atoms. The second-order valence-corrected chi connectivity index (χ2v) is 4.16. The van der Waals surface area contributed by atoms with Gasteiger partial charge in [0.1, 0.15) is 5.75 Å². The van der Waals surface area contributed by atoms with E-state index in [1.807, 2.05) is 39.0 Å². The quantitative estimate of drug-likeness (QED) is 0.817. The fourth-order valence-corrected chi connectivity index (χ4v) is 1.74. The monoisotopic (exact) mass is 220 g/mol. The molecule has 2 N–H and O–H groups in total. The third kappa shape index (κ3) is 2.86. The van der Waals surface area contributed by atoms with Crippen molar-refractivity contribution >= 4 is 5.57 Å². The summed E-state index contributed by atoms with van der Waals surface area (Å²) in [5, 5.41) is 19.9. The zero-order chi connectivity index (χ0) is 12.2. The Morgan fingerprint density at radius 3 is 2.31 bits per heavy atom. The van der Waals surface area contributed by atoms with Crippen LogP contribution in [0, 0.1) is 0 Å². The van der Waals surface area contributed by atoms with E-state index < -0.39 is 5.60 Å². The van der Waals surface area contributed by atoms with Crippen molar-refractivity contribution in [3.63, 3.8) is 0 Å². The zero-order valence-electron chi connectivity index (χ0n) is 10.2. The van der Waals surface area contributed by atoms with Gasteiger partial charge in [-0.15, -0.1) is 0 Å². The number of para-hydroxylation sites is 1. The van der Waals surface area contributed by atoms with E-state index in [0.717, 1.165) is 11.1 Å². The predicted molar refractivity (Wildman–Crippen MR) is 67.3 cm³/mol. The minimum atomic E-state index is -0.771. The Morgan fingerprint density at radius 2 is 1.81 bits per heavy atom. The number of benzene rings is 1. The maximum absolute atomic E-state index is 10.2. The number of hydrogen-bond acceptors (Lipinski definition) is 2. The van der Waals surface area contributed by atoms with Gasteiger partial charge in [-0.1, -0.05) is 32.0 Å². The number of allylic oxidation sites excluding steroid dienone is 1. The van der Waals surface area contributed by atoms with E-state index >= 15 is 0 Å². The number of aromatic hydroxyl groups is 1. The lowest BCUT2D eigenvalue weighted by Gasteiger charge is -2.22. The van der Waals surface area contributed by atoms with E-state index in [-0.39, 0.29) is 5.75 Å². The summed E-state index contributed by atoms with van der Waals surface area (Å²) in [5.74, 6) is 0.255. The van der Waals surface area contributed by atoms with Crippen molar-refractivity contribution in [2.75, 3.05) is 0 Å². The highest BCUT2D eigenvalue weighted by Crippen LogP contribution is 2.28. The van der Waals surface area contributed by atoms with E-state index in [0.29, 0.717) is 12.8 Å². The lowest BCUT2D eigenvalue weighted by Crippen LogP contribution is -2.23. The molecule has 0 fully saturated rings. The van der Waals surface area contributed by atoms with Crippen LogP contribution >= 0.6 is 0 Å². The van der Waals surface area contributed by atoms with Gasteiger partial charge in [-0.3, -0.25) is 0 Å². The van der Waals surface area contributed by atoms with Gasteiger partial charge in [0, 0.05) is 5.56 Å². The van der Waals surface area contributed by atoms with Gasteiger partial charge in [-0.2, -0.15) is 0 Å². The third-order valence-corrected chi connectivity index (χ3v) is 3.04. The van der Waals surface area contributed by atoms with E-state index in [2.05, 4.69) is 0 Å². The number of rotatable bonds is 4. The molecule has 0 aliphatic heterocycles. The first kappa shape index (κ1) is 12.8. The van der Waals surface area contributed by atoms with E-state index in [9.17, 15) is 10.2 Å². The molecule has 0 amide bonds. The van der Waals surface area contributed by atoms with Gasteiger partial charge in [0.2, 0.25) is 0 Å². The largest absolute Gasteiger partial charge is 0.507 e. The number of phenolic OH excluding ortho intramolecular Hbond substituents is 1. The van der Waals surface area contributed by atoms with Gasteiger partial charge >= 0.3 is 0 Å². The van der Waals surface area contributed by atoms with Crippen LogP contribution in [0.25, 0.3) is 5.57 Å². The van der Waals surface area contributed by atoms with Crippen molar-refractivity contribution < 1.29 is 10.2 Å². The molecule has 0 aliphatic carbocycles. The standard InChI is InChI=1S/C14H20O2/c1-4-14(16,5-2)10-11(3)12-8-6-7-9-13(12)15/h6-10,15-16H,4-5H2,1-3H3/b11-10-. The molecule has 0 aliphatic rings. The average molecular weight is 220 g/mol. The van der Waals surface area contributed by atoms with Crippen molar-refractivity contribution in [3.05, 3.63) is 35.9 Å². The van der Waals surface area contributed by atoms with Crippen LogP contribution in [0.2, 0.25) is 0 Å². The lowest BCUT2D eigenvalue weighted by molar-refractivity contribution is 0.0833. The molecule has 88 valence electrons. The summed E-state index contributed by atoms with van der Waals surface area (Å²) in [6, 6.07) is 7.18. The Morgan fingerprint density at radius 1 is 1.25 bits per heavy atom. The van der Waals surface area contributed by atoms with Crippen LogP contribution < -0.4 is 0 Å². The molecule has 16 heavy (non-hydrogen) atoms. The van der Waals surface area contributed by atoms with Crippen LogP contribution in [-0.4, -0.2) is 15.8 Å². The second-order valence-electron chi connectivity index (χ2n) is 4.16. The molecule has 0 aromatic heterocycles. The third-order valence-electron chi connectivity index (χ3n) is 3.04. The minimum absolute atomic E-state index is 0.255. The van der Waals surface area contributed by atoms with Gasteiger partial charge in [-0.05, 0) is 37.5 Å². The van der Waals surface area contributed by atoms with E-state index in [4.69, 9.17) is 0 Å². The topological polar surface area (TPSA) is 40.5 Å². The van der Waals surface area contributed by atoms with Crippen LogP contribution in [0.3, 0.4) is 0 Å². The highest BCUT2D eigenvalue weighted by Gasteiger charge is 2.19.